The molecule has 4 N–H and O–H groups in total. The summed E-state index contributed by atoms with van der Waals surface area (Å²) in [6.45, 7) is 0. The summed E-state index contributed by atoms with van der Waals surface area (Å²) in [5, 5.41) is 0. The first kappa shape index (κ1) is 14.7. The van der Waals surface area contributed by atoms with E-state index in [4.69, 9.17) is 20.9 Å². The van der Waals surface area contributed by atoms with E-state index in [0.717, 1.165) is 0 Å². The van der Waals surface area contributed by atoms with E-state index in [1.165, 1.54) is 0 Å². The van der Waals surface area contributed by atoms with Gasteiger partial charge in [0, 0.05) is 0 Å². The van der Waals surface area contributed by atoms with E-state index in [1.807, 2.05) is 24.3 Å². The van der Waals surface area contributed by atoms with Crippen molar-refractivity contribution in [3.63, 3.8) is 0 Å². The zero-order chi connectivity index (χ0) is 14.5. The first-order chi connectivity index (χ1) is 9.58. The van der Waals surface area contributed by atoms with Crippen molar-refractivity contribution in [2.24, 2.45) is 0 Å². The first-order valence-electron chi connectivity index (χ1n) is 5.68. The van der Waals surface area contributed by atoms with Crippen LogP contribution in [-0.4, -0.2) is 0 Å². The summed E-state index contributed by atoms with van der Waals surface area (Å²) >= 11 is 6.57. The van der Waals surface area contributed by atoms with E-state index in [0.29, 0.717) is 32.2 Å². The van der Waals surface area contributed by atoms with Crippen LogP contribution in [0.2, 0.25) is 0 Å². The Kier molecular flexibility index (Phi) is 4.92. The average Bonchev–Trinajstić information content (AvgIpc) is 2.43. The second-order valence-corrected chi connectivity index (χ2v) is 5.27. The van der Waals surface area contributed by atoms with Gasteiger partial charge in [0.2, 0.25) is 9.34 Å². The number of hydrogen-bond acceptors (Lipinski definition) is 4. The maximum Gasteiger partial charge on any atom is 0.219 e. The molecule has 0 aliphatic carbocycles. The molecule has 0 unspecified atom stereocenters. The molecule has 2 aromatic rings. The van der Waals surface area contributed by atoms with Crippen LogP contribution in [0.3, 0.4) is 0 Å². The van der Waals surface area contributed by atoms with Gasteiger partial charge < -0.3 is 20.9 Å². The monoisotopic (exact) mass is 398 g/mol. The average molecular weight is 400 g/mol. The van der Waals surface area contributed by atoms with Crippen molar-refractivity contribution in [2.75, 3.05) is 11.5 Å². The Morgan fingerprint density at radius 2 is 1.05 bits per heavy atom. The van der Waals surface area contributed by atoms with Gasteiger partial charge in [-0.25, -0.2) is 0 Å². The van der Waals surface area contributed by atoms with Crippen LogP contribution in [0.15, 0.2) is 57.9 Å². The smallest absolute Gasteiger partial charge is 0.219 e. The van der Waals surface area contributed by atoms with Crippen molar-refractivity contribution in [1.82, 2.24) is 0 Å². The van der Waals surface area contributed by atoms with Gasteiger partial charge in [-0.3, -0.25) is 0 Å². The number of anilines is 2. The topological polar surface area (TPSA) is 70.5 Å². The normalized spacial score (nSPS) is 11.7. The summed E-state index contributed by atoms with van der Waals surface area (Å²) in [6, 6.07) is 14.3. The van der Waals surface area contributed by atoms with Crippen molar-refractivity contribution < 1.29 is 9.47 Å². The third kappa shape index (κ3) is 3.68. The predicted molar refractivity (Wildman–Crippen MR) is 87.8 cm³/mol. The summed E-state index contributed by atoms with van der Waals surface area (Å²) in [4.78, 5) is 0. The van der Waals surface area contributed by atoms with Gasteiger partial charge in [0.25, 0.3) is 0 Å². The molecule has 0 heterocycles. The summed E-state index contributed by atoms with van der Waals surface area (Å²) in [6.07, 6.45) is 0. The Balaban J connectivity index is 2.16. The predicted octanol–water partition coefficient (Wildman–Crippen LogP) is 4.23. The van der Waals surface area contributed by atoms with E-state index >= 15 is 0 Å². The third-order valence-corrected chi connectivity index (χ3v) is 3.97. The van der Waals surface area contributed by atoms with Crippen molar-refractivity contribution in [3.8, 4) is 11.5 Å². The molecule has 2 aromatic carbocycles. The van der Waals surface area contributed by atoms with E-state index in [9.17, 15) is 0 Å². The molecule has 4 nitrogen and oxygen atoms in total. The second kappa shape index (κ2) is 6.67. The van der Waals surface area contributed by atoms with Crippen LogP contribution >= 0.6 is 31.9 Å². The van der Waals surface area contributed by atoms with Gasteiger partial charge in [0.05, 0.1) is 11.4 Å². The zero-order valence-electron chi connectivity index (χ0n) is 10.3. The van der Waals surface area contributed by atoms with Gasteiger partial charge in [-0.05, 0) is 56.1 Å². The van der Waals surface area contributed by atoms with Crippen molar-refractivity contribution in [1.29, 1.82) is 0 Å². The minimum absolute atomic E-state index is 0.360. The summed E-state index contributed by atoms with van der Waals surface area (Å²) in [5.74, 6) is 1.06. The number of ether oxygens (including phenoxy) is 2. The molecule has 0 spiro atoms. The van der Waals surface area contributed by atoms with Crippen LogP contribution in [0.1, 0.15) is 0 Å². The maximum absolute atomic E-state index is 5.80. The number of halogens is 2. The Labute approximate surface area is 133 Å². The molecule has 0 aliphatic heterocycles. The summed E-state index contributed by atoms with van der Waals surface area (Å²) in [5.41, 5.74) is 12.7. The van der Waals surface area contributed by atoms with E-state index in [-0.39, 0.29) is 0 Å². The molecule has 0 radical (unpaired) electrons. The third-order valence-electron chi connectivity index (χ3n) is 2.39. The van der Waals surface area contributed by atoms with Crippen LogP contribution in [0, 0.1) is 0 Å². The molecular formula is C14H12Br2N2O2. The molecule has 6 heteroatoms. The number of nitrogen functional groups attached to an aromatic ring is 2. The largest absolute Gasteiger partial charge is 0.443 e. The molecule has 2 rings (SSSR count). The summed E-state index contributed by atoms with van der Waals surface area (Å²) in [7, 11) is 0. The summed E-state index contributed by atoms with van der Waals surface area (Å²) < 4.78 is 11.9. The lowest BCUT2D eigenvalue weighted by Gasteiger charge is -2.11. The minimum atomic E-state index is 0.360. The molecule has 0 aliphatic rings. The Morgan fingerprint density at radius 1 is 0.700 bits per heavy atom. The minimum Gasteiger partial charge on any atom is -0.443 e. The lowest BCUT2D eigenvalue weighted by atomic mass is 10.3. The highest BCUT2D eigenvalue weighted by atomic mass is 79.9. The maximum atomic E-state index is 5.80. The fourth-order valence-corrected chi connectivity index (χ4v) is 1.93. The fraction of sp³-hybridized carbons (Fsp3) is 0. The molecule has 0 atom stereocenters. The first-order valence-corrected chi connectivity index (χ1v) is 7.26. The van der Waals surface area contributed by atoms with Crippen molar-refractivity contribution in [3.05, 3.63) is 57.9 Å². The van der Waals surface area contributed by atoms with Crippen LogP contribution < -0.4 is 20.9 Å². The van der Waals surface area contributed by atoms with Crippen molar-refractivity contribution in [2.45, 2.75) is 0 Å². The van der Waals surface area contributed by atoms with Gasteiger partial charge in [-0.2, -0.15) is 0 Å². The van der Waals surface area contributed by atoms with E-state index in [2.05, 4.69) is 31.9 Å². The molecule has 104 valence electrons. The SMILES string of the molecule is Nc1ccccc1OC(Br)=C(Br)Oc1ccccc1N. The van der Waals surface area contributed by atoms with Gasteiger partial charge in [-0.1, -0.05) is 24.3 Å². The number of benzene rings is 2. The van der Waals surface area contributed by atoms with Gasteiger partial charge in [0.1, 0.15) is 0 Å². The highest BCUT2D eigenvalue weighted by Crippen LogP contribution is 2.30. The number of hydrogen-bond donors (Lipinski definition) is 2. The highest BCUT2D eigenvalue weighted by Gasteiger charge is 2.09. The molecule has 0 saturated heterocycles. The molecule has 0 amide bonds. The fourth-order valence-electron chi connectivity index (χ4n) is 1.42. The van der Waals surface area contributed by atoms with Crippen LogP contribution in [-0.2, 0) is 0 Å². The number of nitrogens with two attached hydrogens (primary N) is 2. The molecule has 20 heavy (non-hydrogen) atoms. The van der Waals surface area contributed by atoms with E-state index in [1.54, 1.807) is 24.3 Å². The second-order valence-electron chi connectivity index (χ2n) is 3.83. The highest BCUT2D eigenvalue weighted by molar-refractivity contribution is 9.14. The molecule has 0 bridgehead atoms. The molecule has 0 aromatic heterocycles. The van der Waals surface area contributed by atoms with Crippen LogP contribution in [0.4, 0.5) is 11.4 Å². The lowest BCUT2D eigenvalue weighted by molar-refractivity contribution is 0.408. The number of para-hydroxylation sites is 4. The molecule has 0 fully saturated rings. The quantitative estimate of drug-likeness (QED) is 0.596. The van der Waals surface area contributed by atoms with Crippen LogP contribution in [0.5, 0.6) is 11.5 Å². The standard InChI is InChI=1S/C14H12Br2N2O2/c15-13(19-11-7-3-1-5-9(11)17)14(16)20-12-8-4-2-6-10(12)18/h1-8H,17-18H2. The van der Waals surface area contributed by atoms with Gasteiger partial charge >= 0.3 is 0 Å². The van der Waals surface area contributed by atoms with Gasteiger partial charge in [0.15, 0.2) is 11.5 Å². The number of rotatable bonds is 4. The lowest BCUT2D eigenvalue weighted by Crippen LogP contribution is -2.00. The molecular weight excluding hydrogens is 388 g/mol. The van der Waals surface area contributed by atoms with Crippen molar-refractivity contribution >= 4 is 43.2 Å². The van der Waals surface area contributed by atoms with Crippen LogP contribution in [0.25, 0.3) is 0 Å². The Hall–Kier alpha value is -1.66. The Morgan fingerprint density at radius 3 is 1.40 bits per heavy atom. The van der Waals surface area contributed by atoms with Gasteiger partial charge in [-0.15, -0.1) is 0 Å². The van der Waals surface area contributed by atoms with E-state index < -0.39 is 0 Å². The zero-order valence-corrected chi connectivity index (χ0v) is 13.5. The Bertz CT molecular complexity index is 589. The molecule has 0 saturated carbocycles.